The first-order valence-corrected chi connectivity index (χ1v) is 8.40. The highest BCUT2D eigenvalue weighted by Gasteiger charge is 1.93. The molecule has 1 radical (unpaired) electrons. The quantitative estimate of drug-likeness (QED) is 0.269. The second-order valence-electron chi connectivity index (χ2n) is 5.26. The Labute approximate surface area is 119 Å². The van der Waals surface area contributed by atoms with Gasteiger partial charge in [0.05, 0.1) is 6.61 Å². The summed E-state index contributed by atoms with van der Waals surface area (Å²) in [5.41, 5.74) is 0. The molecule has 2 heteroatoms. The highest BCUT2D eigenvalue weighted by molar-refractivity contribution is 7.78. The minimum atomic E-state index is 0.116. The van der Waals surface area contributed by atoms with E-state index in [2.05, 4.69) is 0 Å². The van der Waals surface area contributed by atoms with Crippen LogP contribution in [0.25, 0.3) is 0 Å². The fraction of sp³-hybridized carbons (Fsp3) is 0.938. The maximum atomic E-state index is 10.2. The van der Waals surface area contributed by atoms with E-state index in [-0.39, 0.29) is 6.61 Å². The van der Waals surface area contributed by atoms with Gasteiger partial charge >= 0.3 is 0 Å². The van der Waals surface area contributed by atoms with Crippen molar-refractivity contribution in [2.75, 3.05) is 6.61 Å². The molecule has 0 amide bonds. The van der Waals surface area contributed by atoms with Gasteiger partial charge in [-0.1, -0.05) is 82.8 Å². The second-order valence-corrected chi connectivity index (χ2v) is 5.59. The Kier molecular flexibility index (Phi) is 17.1. The summed E-state index contributed by atoms with van der Waals surface area (Å²) in [5.74, 6) is 0. The van der Waals surface area contributed by atoms with Gasteiger partial charge < -0.3 is 0 Å². The molecule has 0 aromatic carbocycles. The van der Waals surface area contributed by atoms with Crippen LogP contribution in [0.1, 0.15) is 89.9 Å². The van der Waals surface area contributed by atoms with Crippen molar-refractivity contribution < 1.29 is 5.11 Å². The molecule has 0 aromatic heterocycles. The maximum Gasteiger partial charge on any atom is 0.0822 e. The second kappa shape index (κ2) is 17.1. The van der Waals surface area contributed by atoms with Crippen molar-refractivity contribution in [2.45, 2.75) is 89.9 Å². The molecule has 0 N–H and O–H groups in total. The van der Waals surface area contributed by atoms with Crippen molar-refractivity contribution in [2.24, 2.45) is 0 Å². The summed E-state index contributed by atoms with van der Waals surface area (Å²) in [6.07, 6.45) is 18.1. The average molecular weight is 271 g/mol. The fourth-order valence-corrected chi connectivity index (χ4v) is 2.44. The van der Waals surface area contributed by atoms with E-state index in [4.69, 9.17) is 12.2 Å². The van der Waals surface area contributed by atoms with Crippen LogP contribution in [-0.4, -0.2) is 12.0 Å². The average Bonchev–Trinajstić information content (AvgIpc) is 2.39. The molecular weight excluding hydrogens is 240 g/mol. The Balaban J connectivity index is 2.88. The summed E-state index contributed by atoms with van der Waals surface area (Å²) < 4.78 is 0. The van der Waals surface area contributed by atoms with E-state index in [1.165, 1.54) is 70.6 Å². The van der Waals surface area contributed by atoms with E-state index < -0.39 is 0 Å². The van der Waals surface area contributed by atoms with Crippen LogP contribution >= 0.6 is 12.2 Å². The van der Waals surface area contributed by atoms with Gasteiger partial charge in [0.1, 0.15) is 0 Å². The molecule has 0 aliphatic carbocycles. The van der Waals surface area contributed by atoms with E-state index >= 15 is 0 Å². The molecule has 0 aromatic rings. The van der Waals surface area contributed by atoms with Crippen molar-refractivity contribution in [1.29, 1.82) is 0 Å². The summed E-state index contributed by atoms with van der Waals surface area (Å²) in [6, 6.07) is 0. The fourth-order valence-electron chi connectivity index (χ4n) is 2.27. The summed E-state index contributed by atoms with van der Waals surface area (Å²) >= 11 is 4.80. The summed E-state index contributed by atoms with van der Waals surface area (Å²) in [5, 5.41) is 12.1. The zero-order valence-electron chi connectivity index (χ0n) is 12.0. The molecular formula is C16H31OS. The van der Waals surface area contributed by atoms with Gasteiger partial charge in [0.2, 0.25) is 0 Å². The maximum absolute atomic E-state index is 10.2. The lowest BCUT2D eigenvalue weighted by Crippen LogP contribution is -1.84. The van der Waals surface area contributed by atoms with Crippen LogP contribution in [-0.2, 0) is 5.11 Å². The van der Waals surface area contributed by atoms with Crippen molar-refractivity contribution in [3.8, 4) is 0 Å². The molecule has 107 valence electrons. The highest BCUT2D eigenvalue weighted by Crippen LogP contribution is 2.12. The van der Waals surface area contributed by atoms with E-state index in [9.17, 15) is 5.11 Å². The Hall–Kier alpha value is 0.0500. The molecule has 0 saturated heterocycles. The zero-order chi connectivity index (χ0) is 13.3. The number of thiocarbonyl (C=S) groups is 1. The minimum absolute atomic E-state index is 0.116. The van der Waals surface area contributed by atoms with Gasteiger partial charge in [0, 0.05) is 0 Å². The SMILES string of the molecule is [O]CCCCCCCCCCCCCCCC=S. The number of hydrogen-bond acceptors (Lipinski definition) is 1. The summed E-state index contributed by atoms with van der Waals surface area (Å²) in [7, 11) is 0. The Morgan fingerprint density at radius 3 is 1.22 bits per heavy atom. The first-order valence-electron chi connectivity index (χ1n) is 7.93. The topological polar surface area (TPSA) is 19.9 Å². The normalized spacial score (nSPS) is 10.7. The van der Waals surface area contributed by atoms with E-state index in [1.807, 2.05) is 5.37 Å². The molecule has 18 heavy (non-hydrogen) atoms. The largest absolute Gasteiger partial charge is 0.237 e. The van der Waals surface area contributed by atoms with Gasteiger partial charge in [-0.15, -0.1) is 0 Å². The van der Waals surface area contributed by atoms with Crippen molar-refractivity contribution >= 4 is 17.6 Å². The molecule has 0 unspecified atom stereocenters. The van der Waals surface area contributed by atoms with Crippen LogP contribution in [0.5, 0.6) is 0 Å². The zero-order valence-corrected chi connectivity index (χ0v) is 12.8. The molecule has 0 aliphatic heterocycles. The van der Waals surface area contributed by atoms with Crippen LogP contribution in [0.4, 0.5) is 0 Å². The van der Waals surface area contributed by atoms with Gasteiger partial charge in [-0.05, 0) is 24.6 Å². The Morgan fingerprint density at radius 2 is 0.889 bits per heavy atom. The number of rotatable bonds is 15. The smallest absolute Gasteiger partial charge is 0.0822 e. The lowest BCUT2D eigenvalue weighted by Gasteiger charge is -2.02. The Bertz CT molecular complexity index is 159. The first-order chi connectivity index (χ1) is 8.91. The summed E-state index contributed by atoms with van der Waals surface area (Å²) in [6.45, 7) is 0.116. The lowest BCUT2D eigenvalue weighted by atomic mass is 10.0. The van der Waals surface area contributed by atoms with Gasteiger partial charge in [-0.3, -0.25) is 0 Å². The van der Waals surface area contributed by atoms with Crippen LogP contribution in [0.2, 0.25) is 0 Å². The number of unbranched alkanes of at least 4 members (excludes halogenated alkanes) is 13. The molecule has 0 fully saturated rings. The number of hydrogen-bond donors (Lipinski definition) is 0. The minimum Gasteiger partial charge on any atom is -0.237 e. The first kappa shape index (κ1) is 18.0. The molecule has 0 spiro atoms. The molecule has 0 saturated carbocycles. The standard InChI is InChI=1S/C16H31OS/c17-15-13-11-9-7-5-3-1-2-4-6-8-10-12-14-16-18/h16H,1-15H2. The molecule has 0 heterocycles. The van der Waals surface area contributed by atoms with Gasteiger partial charge in [-0.2, -0.15) is 0 Å². The summed E-state index contributed by atoms with van der Waals surface area (Å²) in [4.78, 5) is 0. The van der Waals surface area contributed by atoms with Gasteiger partial charge in [0.25, 0.3) is 0 Å². The van der Waals surface area contributed by atoms with Gasteiger partial charge in [-0.25, -0.2) is 5.11 Å². The predicted molar refractivity (Wildman–Crippen MR) is 83.8 cm³/mol. The molecule has 0 atom stereocenters. The third kappa shape index (κ3) is 16.1. The van der Waals surface area contributed by atoms with E-state index in [1.54, 1.807) is 0 Å². The predicted octanol–water partition coefficient (Wildman–Crippen LogP) is 5.88. The van der Waals surface area contributed by atoms with Crippen molar-refractivity contribution in [3.05, 3.63) is 0 Å². The third-order valence-electron chi connectivity index (χ3n) is 3.47. The molecule has 0 bridgehead atoms. The molecule has 0 aliphatic rings. The monoisotopic (exact) mass is 271 g/mol. The Morgan fingerprint density at radius 1 is 0.556 bits per heavy atom. The van der Waals surface area contributed by atoms with Crippen molar-refractivity contribution in [3.63, 3.8) is 0 Å². The van der Waals surface area contributed by atoms with Crippen molar-refractivity contribution in [1.82, 2.24) is 0 Å². The van der Waals surface area contributed by atoms with Gasteiger partial charge in [0.15, 0.2) is 0 Å². The van der Waals surface area contributed by atoms with Crippen LogP contribution in [0, 0.1) is 0 Å². The van der Waals surface area contributed by atoms with E-state index in [0.29, 0.717) is 0 Å². The highest BCUT2D eigenvalue weighted by atomic mass is 32.1. The van der Waals surface area contributed by atoms with Crippen LogP contribution in [0.3, 0.4) is 0 Å². The lowest BCUT2D eigenvalue weighted by molar-refractivity contribution is 0.186. The molecule has 1 nitrogen and oxygen atoms in total. The third-order valence-corrected chi connectivity index (χ3v) is 3.70. The van der Waals surface area contributed by atoms with Crippen LogP contribution < -0.4 is 0 Å². The van der Waals surface area contributed by atoms with E-state index in [0.717, 1.165) is 19.3 Å². The van der Waals surface area contributed by atoms with Crippen LogP contribution in [0.15, 0.2) is 0 Å². The molecule has 0 rings (SSSR count).